The third-order valence-corrected chi connectivity index (χ3v) is 4.36. The third-order valence-electron chi connectivity index (χ3n) is 4.36. The molecular weight excluding hydrogens is 222 g/mol. The Morgan fingerprint density at radius 3 is 3.06 bits per heavy atom. The van der Waals surface area contributed by atoms with Crippen molar-refractivity contribution in [1.29, 1.82) is 0 Å². The molecule has 2 heterocycles. The summed E-state index contributed by atoms with van der Waals surface area (Å²) < 4.78 is 5.75. The number of nitrogens with one attached hydrogen (secondary N) is 1. The Kier molecular flexibility index (Phi) is 3.55. The van der Waals surface area contributed by atoms with Crippen molar-refractivity contribution >= 4 is 0 Å². The summed E-state index contributed by atoms with van der Waals surface area (Å²) in [5.41, 5.74) is 1.43. The van der Waals surface area contributed by atoms with Gasteiger partial charge >= 0.3 is 0 Å². The second kappa shape index (κ2) is 5.31. The molecule has 1 saturated heterocycles. The predicted molar refractivity (Wildman–Crippen MR) is 74.1 cm³/mol. The lowest BCUT2D eigenvalue weighted by Gasteiger charge is -2.33. The Morgan fingerprint density at radius 1 is 1.28 bits per heavy atom. The number of para-hydroxylation sites is 1. The van der Waals surface area contributed by atoms with Crippen molar-refractivity contribution in [3.05, 3.63) is 29.8 Å². The Labute approximate surface area is 110 Å². The van der Waals surface area contributed by atoms with E-state index in [0.717, 1.165) is 24.2 Å². The number of piperidine rings is 1. The first-order chi connectivity index (χ1) is 8.83. The van der Waals surface area contributed by atoms with E-state index in [1.807, 2.05) is 0 Å². The first kappa shape index (κ1) is 12.0. The highest BCUT2D eigenvalue weighted by atomic mass is 16.5. The van der Waals surface area contributed by atoms with Gasteiger partial charge in [0.05, 0.1) is 6.61 Å². The highest BCUT2D eigenvalue weighted by Crippen LogP contribution is 2.38. The van der Waals surface area contributed by atoms with Gasteiger partial charge in [0.2, 0.25) is 0 Å². The van der Waals surface area contributed by atoms with E-state index in [1.165, 1.54) is 37.9 Å². The van der Waals surface area contributed by atoms with Crippen LogP contribution in [0.15, 0.2) is 24.3 Å². The minimum atomic E-state index is 0.701. The molecule has 1 N–H and O–H groups in total. The summed E-state index contributed by atoms with van der Waals surface area (Å²) >= 11 is 0. The lowest BCUT2D eigenvalue weighted by Crippen LogP contribution is -2.36. The summed E-state index contributed by atoms with van der Waals surface area (Å²) in [6.07, 6.45) is 3.88. The molecule has 0 bridgehead atoms. The van der Waals surface area contributed by atoms with Crippen molar-refractivity contribution in [2.75, 3.05) is 19.7 Å². The zero-order chi connectivity index (χ0) is 12.4. The van der Waals surface area contributed by atoms with Crippen LogP contribution in [0.25, 0.3) is 0 Å². The van der Waals surface area contributed by atoms with E-state index in [1.54, 1.807) is 0 Å². The van der Waals surface area contributed by atoms with Gasteiger partial charge in [-0.25, -0.2) is 0 Å². The van der Waals surface area contributed by atoms with Gasteiger partial charge in [0.25, 0.3) is 0 Å². The number of fused-ring (bicyclic) bond motifs is 1. The first-order valence-corrected chi connectivity index (χ1v) is 7.25. The van der Waals surface area contributed by atoms with Crippen molar-refractivity contribution in [2.24, 2.45) is 11.8 Å². The second-order valence-corrected chi connectivity index (χ2v) is 5.97. The average Bonchev–Trinajstić information content (AvgIpc) is 2.39. The number of rotatable bonds is 2. The number of hydrogen-bond acceptors (Lipinski definition) is 2. The number of benzene rings is 1. The van der Waals surface area contributed by atoms with Crippen LogP contribution in [0.2, 0.25) is 0 Å². The fourth-order valence-corrected chi connectivity index (χ4v) is 3.51. The number of hydrogen-bond donors (Lipinski definition) is 1. The molecule has 0 spiro atoms. The Morgan fingerprint density at radius 2 is 2.17 bits per heavy atom. The molecule has 3 atom stereocenters. The van der Waals surface area contributed by atoms with Gasteiger partial charge in [0.1, 0.15) is 5.75 Å². The molecule has 3 rings (SSSR count). The second-order valence-electron chi connectivity index (χ2n) is 5.97. The molecular formula is C16H23NO. The van der Waals surface area contributed by atoms with Crippen molar-refractivity contribution in [1.82, 2.24) is 5.32 Å². The van der Waals surface area contributed by atoms with E-state index < -0.39 is 0 Å². The van der Waals surface area contributed by atoms with Crippen molar-refractivity contribution < 1.29 is 4.74 Å². The highest BCUT2D eigenvalue weighted by Gasteiger charge is 2.26. The maximum Gasteiger partial charge on any atom is 0.122 e. The van der Waals surface area contributed by atoms with Crippen molar-refractivity contribution in [3.8, 4) is 5.75 Å². The smallest absolute Gasteiger partial charge is 0.122 e. The minimum Gasteiger partial charge on any atom is -0.493 e. The lowest BCUT2D eigenvalue weighted by atomic mass is 9.80. The molecule has 0 amide bonds. The van der Waals surface area contributed by atoms with Gasteiger partial charge in [-0.2, -0.15) is 0 Å². The Balaban J connectivity index is 1.70. The van der Waals surface area contributed by atoms with E-state index in [4.69, 9.17) is 4.74 Å². The van der Waals surface area contributed by atoms with E-state index >= 15 is 0 Å². The molecule has 0 saturated carbocycles. The fraction of sp³-hybridized carbons (Fsp3) is 0.625. The summed E-state index contributed by atoms with van der Waals surface area (Å²) in [5, 5.41) is 3.57. The molecule has 18 heavy (non-hydrogen) atoms. The first-order valence-electron chi connectivity index (χ1n) is 7.25. The van der Waals surface area contributed by atoms with Crippen LogP contribution in [-0.2, 0) is 0 Å². The maximum atomic E-state index is 5.75. The monoisotopic (exact) mass is 245 g/mol. The van der Waals surface area contributed by atoms with Crippen LogP contribution in [0.4, 0.5) is 0 Å². The van der Waals surface area contributed by atoms with Gasteiger partial charge in [-0.05, 0) is 61.7 Å². The molecule has 1 aromatic carbocycles. The van der Waals surface area contributed by atoms with Crippen LogP contribution in [-0.4, -0.2) is 19.7 Å². The van der Waals surface area contributed by atoms with Gasteiger partial charge in [0.15, 0.2) is 0 Å². The number of ether oxygens (including phenoxy) is 1. The van der Waals surface area contributed by atoms with Crippen LogP contribution in [0.1, 0.15) is 37.7 Å². The molecule has 0 aliphatic carbocycles. The summed E-state index contributed by atoms with van der Waals surface area (Å²) in [6, 6.07) is 8.58. The zero-order valence-electron chi connectivity index (χ0n) is 11.2. The lowest BCUT2D eigenvalue weighted by molar-refractivity contribution is 0.227. The summed E-state index contributed by atoms with van der Waals surface area (Å²) in [6.45, 7) is 5.64. The van der Waals surface area contributed by atoms with Gasteiger partial charge < -0.3 is 10.1 Å². The van der Waals surface area contributed by atoms with Gasteiger partial charge in [0, 0.05) is 0 Å². The predicted octanol–water partition coefficient (Wildman–Crippen LogP) is 3.19. The molecule has 2 nitrogen and oxygen atoms in total. The van der Waals surface area contributed by atoms with Crippen LogP contribution < -0.4 is 10.1 Å². The Hall–Kier alpha value is -1.02. The SMILES string of the molecule is CC1CNCC(CC2CCOc3ccccc32)C1. The molecule has 2 aliphatic rings. The van der Waals surface area contributed by atoms with E-state index in [9.17, 15) is 0 Å². The maximum absolute atomic E-state index is 5.75. The van der Waals surface area contributed by atoms with E-state index in [-0.39, 0.29) is 0 Å². The molecule has 3 unspecified atom stereocenters. The van der Waals surface area contributed by atoms with Crippen LogP contribution in [0, 0.1) is 11.8 Å². The van der Waals surface area contributed by atoms with Gasteiger partial charge in [-0.15, -0.1) is 0 Å². The van der Waals surface area contributed by atoms with Crippen molar-refractivity contribution in [3.63, 3.8) is 0 Å². The summed E-state index contributed by atoms with van der Waals surface area (Å²) in [5.74, 6) is 3.49. The molecule has 0 aromatic heterocycles. The van der Waals surface area contributed by atoms with E-state index in [2.05, 4.69) is 36.5 Å². The summed E-state index contributed by atoms with van der Waals surface area (Å²) in [4.78, 5) is 0. The van der Waals surface area contributed by atoms with Crippen LogP contribution >= 0.6 is 0 Å². The van der Waals surface area contributed by atoms with Crippen LogP contribution in [0.3, 0.4) is 0 Å². The molecule has 1 fully saturated rings. The highest BCUT2D eigenvalue weighted by molar-refractivity contribution is 5.37. The fourth-order valence-electron chi connectivity index (χ4n) is 3.51. The average molecular weight is 245 g/mol. The molecule has 0 radical (unpaired) electrons. The van der Waals surface area contributed by atoms with E-state index in [0.29, 0.717) is 5.92 Å². The minimum absolute atomic E-state index is 0.701. The molecule has 2 aliphatic heterocycles. The zero-order valence-corrected chi connectivity index (χ0v) is 11.2. The standard InChI is InChI=1S/C16H23NO/c1-12-8-13(11-17-10-12)9-14-6-7-18-16-5-3-2-4-15(14)16/h2-5,12-14,17H,6-11H2,1H3. The molecule has 98 valence electrons. The van der Waals surface area contributed by atoms with Gasteiger partial charge in [-0.3, -0.25) is 0 Å². The quantitative estimate of drug-likeness (QED) is 0.864. The Bertz CT molecular complexity index is 404. The van der Waals surface area contributed by atoms with Crippen LogP contribution in [0.5, 0.6) is 5.75 Å². The largest absolute Gasteiger partial charge is 0.493 e. The molecule has 1 aromatic rings. The third kappa shape index (κ3) is 2.54. The summed E-state index contributed by atoms with van der Waals surface area (Å²) in [7, 11) is 0. The topological polar surface area (TPSA) is 21.3 Å². The molecule has 2 heteroatoms. The normalized spacial score (nSPS) is 31.5. The van der Waals surface area contributed by atoms with Crippen molar-refractivity contribution in [2.45, 2.75) is 32.1 Å². The van der Waals surface area contributed by atoms with Gasteiger partial charge in [-0.1, -0.05) is 25.1 Å².